The SMILES string of the molecule is CC[C@H]1OC(=O)[C@H](C)[C@@H](OC[C@H]2C[C@@](C)(OC)[C@@H](O)[C@H](C)O2)[C@H](C)[C@@H](O[C@@H]2O[C@H](C)C[C@H](N(C)CCc3cn(CCCOc4ccc(-c5nnc(N)s5)cc4)nn3)[C@H]2O)[C@](C)(O)C[C@@H](C)CN(C)[C@H](C)[C@@H](O)[C@]1(C)O. The maximum absolute atomic E-state index is 14.5. The summed E-state index contributed by atoms with van der Waals surface area (Å²) in [5, 5.41) is 77.5. The molecule has 0 saturated carbocycles. The largest absolute Gasteiger partial charge is 0.494 e. The number of nitrogens with two attached hydrogens (primary N) is 1. The minimum Gasteiger partial charge on any atom is -0.494 e. The second kappa shape index (κ2) is 26.0. The molecule has 0 radical (unpaired) electrons. The number of nitrogens with zero attached hydrogens (tertiary/aromatic N) is 7. The van der Waals surface area contributed by atoms with Gasteiger partial charge in [0.05, 0.1) is 66.5 Å². The number of aliphatic hydroxyl groups excluding tert-OH is 3. The number of carbonyl (C=O) groups excluding carboxylic acids is 1. The molecule has 0 amide bonds. The molecule has 18 atom stereocenters. The van der Waals surface area contributed by atoms with Crippen LogP contribution in [0.2, 0.25) is 0 Å². The van der Waals surface area contributed by atoms with Gasteiger partial charge in [0, 0.05) is 75.8 Å². The third-order valence-corrected chi connectivity index (χ3v) is 16.8. The van der Waals surface area contributed by atoms with Crippen molar-refractivity contribution in [3.05, 3.63) is 36.2 Å². The lowest BCUT2D eigenvalue weighted by Crippen LogP contribution is -2.60. The molecule has 7 N–H and O–H groups in total. The summed E-state index contributed by atoms with van der Waals surface area (Å²) in [7, 11) is 5.33. The molecule has 22 heteroatoms. The summed E-state index contributed by atoms with van der Waals surface area (Å²) in [4.78, 5) is 18.5. The van der Waals surface area contributed by atoms with Gasteiger partial charge in [0.15, 0.2) is 6.29 Å². The molecular weight excluding hydrogens is 989 g/mol. The Labute approximate surface area is 447 Å². The molecule has 0 aliphatic carbocycles. The molecule has 3 aliphatic heterocycles. The van der Waals surface area contributed by atoms with Crippen LogP contribution in [-0.4, -0.2) is 204 Å². The Hall–Kier alpha value is -3.49. The van der Waals surface area contributed by atoms with Crippen LogP contribution in [0, 0.1) is 17.8 Å². The average molecular weight is 1080 g/mol. The van der Waals surface area contributed by atoms with Gasteiger partial charge < -0.3 is 74.2 Å². The van der Waals surface area contributed by atoms with Crippen molar-refractivity contribution in [1.82, 2.24) is 35.0 Å². The van der Waals surface area contributed by atoms with Crippen molar-refractivity contribution in [3.8, 4) is 16.3 Å². The van der Waals surface area contributed by atoms with E-state index in [0.717, 1.165) is 22.0 Å². The van der Waals surface area contributed by atoms with Gasteiger partial charge in [-0.25, -0.2) is 0 Å². The quantitative estimate of drug-likeness (QED) is 0.0831. The molecule has 6 rings (SSSR count). The van der Waals surface area contributed by atoms with Crippen LogP contribution < -0.4 is 10.5 Å². The van der Waals surface area contributed by atoms with Gasteiger partial charge in [-0.3, -0.25) is 9.48 Å². The average Bonchev–Trinajstić information content (AvgIpc) is 4.02. The highest BCUT2D eigenvalue weighted by Crippen LogP contribution is 2.39. The maximum atomic E-state index is 14.5. The normalized spacial score (nSPS) is 38.0. The van der Waals surface area contributed by atoms with Crippen LogP contribution in [0.25, 0.3) is 10.6 Å². The number of benzene rings is 1. The standard InChI is InChI=1S/C53H88N8O13S/c1-14-41-53(10,67)44(63)34(6)60(12)27-30(2)25-51(8,66)46(32(4)43(33(5)48(65)73-41)70-29-39-26-52(9,68-13)45(64)35(7)72-39)74-49-42(62)40(24-31(3)71-49)59(11)22-20-37-28-61(58-55-37)21-15-23-69-38-18-16-36(17-19-38)47-56-57-50(54)75-47/h16-19,28,30-35,39-46,49,62-64,66-67H,14-15,20-27,29H2,1-13H3,(H2,54,57)/t30-,31-,32+,33-,34-,35+,39-,40+,41-,42-,43+,44-,45+,46-,49+,51-,52-,53-/m1/s1. The summed E-state index contributed by atoms with van der Waals surface area (Å²) in [5.41, 5.74) is 3.08. The zero-order valence-electron chi connectivity index (χ0n) is 46.4. The van der Waals surface area contributed by atoms with Crippen molar-refractivity contribution >= 4 is 22.4 Å². The number of likely N-dealkylation sites (N-methyl/N-ethyl adjacent to an activating group) is 2. The number of aryl methyl sites for hydroxylation is 1. The molecule has 1 aromatic carbocycles. The molecular formula is C53H88N8O13S. The minimum absolute atomic E-state index is 0.0157. The summed E-state index contributed by atoms with van der Waals surface area (Å²) in [5.74, 6) is -1.89. The molecule has 3 aliphatic rings. The summed E-state index contributed by atoms with van der Waals surface area (Å²) < 4.78 is 46.0. The van der Waals surface area contributed by atoms with Gasteiger partial charge in [-0.15, -0.1) is 15.3 Å². The molecule has 2 aromatic heterocycles. The summed E-state index contributed by atoms with van der Waals surface area (Å²) in [6.45, 7) is 19.8. The van der Waals surface area contributed by atoms with Gasteiger partial charge in [-0.1, -0.05) is 37.3 Å². The van der Waals surface area contributed by atoms with E-state index in [1.165, 1.54) is 18.3 Å². The van der Waals surface area contributed by atoms with Gasteiger partial charge in [0.2, 0.25) is 5.13 Å². The first-order valence-corrected chi connectivity index (χ1v) is 27.5. The van der Waals surface area contributed by atoms with Gasteiger partial charge in [-0.05, 0) is 112 Å². The maximum Gasteiger partial charge on any atom is 0.311 e. The Morgan fingerprint density at radius 1 is 0.973 bits per heavy atom. The van der Waals surface area contributed by atoms with Crippen LogP contribution in [0.3, 0.4) is 0 Å². The van der Waals surface area contributed by atoms with Crippen LogP contribution >= 0.6 is 11.3 Å². The van der Waals surface area contributed by atoms with Gasteiger partial charge in [-0.2, -0.15) is 0 Å². The van der Waals surface area contributed by atoms with Crippen molar-refractivity contribution < 1.29 is 63.5 Å². The summed E-state index contributed by atoms with van der Waals surface area (Å²) in [6.07, 6.45) is -4.80. The number of hydrogen-bond donors (Lipinski definition) is 6. The molecule has 0 spiro atoms. The van der Waals surface area contributed by atoms with E-state index in [4.69, 9.17) is 38.9 Å². The van der Waals surface area contributed by atoms with E-state index in [2.05, 4.69) is 25.4 Å². The fraction of sp³-hybridized carbons (Fsp3) is 0.792. The Morgan fingerprint density at radius 3 is 2.33 bits per heavy atom. The molecule has 75 heavy (non-hydrogen) atoms. The number of carbonyl (C=O) groups is 1. The number of hydrogen-bond acceptors (Lipinski definition) is 21. The van der Waals surface area contributed by atoms with E-state index < -0.39 is 102 Å². The molecule has 3 aromatic rings. The molecule has 5 heterocycles. The number of aliphatic hydroxyl groups is 5. The number of rotatable bonds is 17. The summed E-state index contributed by atoms with van der Waals surface area (Å²) >= 11 is 1.33. The van der Waals surface area contributed by atoms with Crippen molar-refractivity contribution in [2.24, 2.45) is 17.8 Å². The molecule has 0 bridgehead atoms. The van der Waals surface area contributed by atoms with E-state index in [9.17, 15) is 30.3 Å². The van der Waals surface area contributed by atoms with Crippen LogP contribution in [0.5, 0.6) is 5.75 Å². The predicted molar refractivity (Wildman–Crippen MR) is 282 cm³/mol. The van der Waals surface area contributed by atoms with Crippen LogP contribution in [0.4, 0.5) is 5.13 Å². The summed E-state index contributed by atoms with van der Waals surface area (Å²) in [6, 6.07) is 6.67. The number of aromatic nitrogens is 5. The molecule has 424 valence electrons. The predicted octanol–water partition coefficient (Wildman–Crippen LogP) is 3.72. The smallest absolute Gasteiger partial charge is 0.311 e. The van der Waals surface area contributed by atoms with Crippen molar-refractivity contribution in [2.45, 2.75) is 204 Å². The highest BCUT2D eigenvalue weighted by Gasteiger charge is 2.52. The third-order valence-electron chi connectivity index (χ3n) is 16.0. The fourth-order valence-corrected chi connectivity index (χ4v) is 12.1. The molecule has 0 unspecified atom stereocenters. The van der Waals surface area contributed by atoms with Crippen LogP contribution in [0.1, 0.15) is 107 Å². The number of anilines is 1. The highest BCUT2D eigenvalue weighted by molar-refractivity contribution is 7.18. The second-order valence-corrected chi connectivity index (χ2v) is 23.5. The first-order valence-electron chi connectivity index (χ1n) is 26.7. The van der Waals surface area contributed by atoms with Gasteiger partial charge in [0.25, 0.3) is 0 Å². The number of cyclic esters (lactones) is 1. The van der Waals surface area contributed by atoms with E-state index in [0.29, 0.717) is 57.1 Å². The van der Waals surface area contributed by atoms with Crippen molar-refractivity contribution in [2.75, 3.05) is 53.2 Å². The van der Waals surface area contributed by atoms with Crippen LogP contribution in [-0.2, 0) is 46.2 Å². The fourth-order valence-electron chi connectivity index (χ4n) is 11.4. The lowest BCUT2D eigenvalue weighted by Gasteiger charge is -2.48. The lowest BCUT2D eigenvalue weighted by atomic mass is 9.77. The zero-order chi connectivity index (χ0) is 55.2. The van der Waals surface area contributed by atoms with Crippen molar-refractivity contribution in [3.63, 3.8) is 0 Å². The minimum atomic E-state index is -1.82. The zero-order valence-corrected chi connectivity index (χ0v) is 47.3. The highest BCUT2D eigenvalue weighted by atomic mass is 32.1. The van der Waals surface area contributed by atoms with E-state index >= 15 is 0 Å². The van der Waals surface area contributed by atoms with Crippen LogP contribution in [0.15, 0.2) is 30.5 Å². The molecule has 21 nitrogen and oxygen atoms in total. The van der Waals surface area contributed by atoms with E-state index in [1.807, 2.05) is 77.2 Å². The second-order valence-electron chi connectivity index (χ2n) is 22.5. The first kappa shape index (κ1) is 60.7. The third kappa shape index (κ3) is 15.0. The van der Waals surface area contributed by atoms with E-state index in [-0.39, 0.29) is 31.5 Å². The number of methoxy groups -OCH3 is 1. The molecule has 3 fully saturated rings. The number of esters is 1. The van der Waals surface area contributed by atoms with E-state index in [1.54, 1.807) is 46.4 Å². The Kier molecular flexibility index (Phi) is 21.0. The number of ether oxygens (including phenoxy) is 7. The Balaban J connectivity index is 1.17. The molecule has 3 saturated heterocycles. The topological polar surface area (TPSA) is 272 Å². The Morgan fingerprint density at radius 2 is 1.68 bits per heavy atom. The van der Waals surface area contributed by atoms with Gasteiger partial charge in [0.1, 0.15) is 40.8 Å². The first-order chi connectivity index (χ1) is 35.3. The monoisotopic (exact) mass is 1080 g/mol. The lowest BCUT2D eigenvalue weighted by molar-refractivity contribution is -0.301. The number of nitrogen functional groups attached to an aromatic ring is 1. The van der Waals surface area contributed by atoms with Crippen molar-refractivity contribution in [1.29, 1.82) is 0 Å². The van der Waals surface area contributed by atoms with Gasteiger partial charge >= 0.3 is 5.97 Å². The Bertz CT molecular complexity index is 2240.